The molecule has 1 fully saturated rings. The van der Waals surface area contributed by atoms with Crippen LogP contribution in [-0.2, 0) is 10.3 Å². The van der Waals surface area contributed by atoms with Crippen molar-refractivity contribution >= 4 is 6.08 Å². The molecule has 13 heavy (non-hydrogen) atoms. The van der Waals surface area contributed by atoms with Gasteiger partial charge in [-0.25, -0.2) is 9.18 Å². The molecule has 0 aromatic carbocycles. The van der Waals surface area contributed by atoms with Crippen LogP contribution in [0.5, 0.6) is 0 Å². The van der Waals surface area contributed by atoms with E-state index in [1.54, 1.807) is 0 Å². The van der Waals surface area contributed by atoms with Crippen LogP contribution >= 0.6 is 0 Å². The predicted octanol–water partition coefficient (Wildman–Crippen LogP) is 1.55. The summed E-state index contributed by atoms with van der Waals surface area (Å²) in [5.41, 5.74) is -0.439. The molecule has 0 amide bonds. The van der Waals surface area contributed by atoms with Crippen molar-refractivity contribution in [3.8, 4) is 0 Å². The second kappa shape index (κ2) is 2.75. The van der Waals surface area contributed by atoms with Crippen LogP contribution < -0.4 is 0 Å². The van der Waals surface area contributed by atoms with Crippen LogP contribution in [0.2, 0.25) is 0 Å². The molecule has 1 aromatic heterocycles. The smallest absolute Gasteiger partial charge is 0.235 e. The highest BCUT2D eigenvalue weighted by Crippen LogP contribution is 2.48. The molecule has 3 nitrogen and oxygen atoms in total. The lowest BCUT2D eigenvalue weighted by Crippen LogP contribution is -2.07. The molecular weight excluding hydrogens is 171 g/mol. The number of carbonyl (C=O) groups excluding carboxylic acids is 1. The SMILES string of the molecule is O=C=NC1(c2ncccc2F)CC1. The minimum atomic E-state index is -0.701. The summed E-state index contributed by atoms with van der Waals surface area (Å²) in [6.07, 6.45) is 4.32. The van der Waals surface area contributed by atoms with E-state index in [-0.39, 0.29) is 5.69 Å². The Hall–Kier alpha value is -1.54. The van der Waals surface area contributed by atoms with Gasteiger partial charge in [-0.15, -0.1) is 0 Å². The Labute approximate surface area is 74.3 Å². The Balaban J connectivity index is 2.46. The molecule has 0 radical (unpaired) electrons. The Morgan fingerprint density at radius 3 is 2.92 bits per heavy atom. The lowest BCUT2D eigenvalue weighted by Gasteiger charge is -2.06. The summed E-state index contributed by atoms with van der Waals surface area (Å²) >= 11 is 0. The van der Waals surface area contributed by atoms with Crippen LogP contribution in [-0.4, -0.2) is 11.1 Å². The average molecular weight is 178 g/mol. The molecule has 0 saturated heterocycles. The van der Waals surface area contributed by atoms with E-state index in [0.717, 1.165) is 0 Å². The highest BCUT2D eigenvalue weighted by molar-refractivity contribution is 5.39. The molecule has 0 atom stereocenters. The highest BCUT2D eigenvalue weighted by atomic mass is 19.1. The molecule has 2 rings (SSSR count). The van der Waals surface area contributed by atoms with E-state index >= 15 is 0 Å². The maximum absolute atomic E-state index is 13.2. The van der Waals surface area contributed by atoms with Gasteiger partial charge < -0.3 is 0 Å². The minimum absolute atomic E-state index is 0.262. The summed E-state index contributed by atoms with van der Waals surface area (Å²) in [5.74, 6) is -0.404. The summed E-state index contributed by atoms with van der Waals surface area (Å²) in [6.45, 7) is 0. The predicted molar refractivity (Wildman–Crippen MR) is 43.2 cm³/mol. The second-order valence-electron chi connectivity index (χ2n) is 3.07. The lowest BCUT2D eigenvalue weighted by molar-refractivity contribution is 0.540. The molecular formula is C9H7FN2O. The van der Waals surface area contributed by atoms with E-state index in [1.807, 2.05) is 0 Å². The van der Waals surface area contributed by atoms with Crippen molar-refractivity contribution in [2.45, 2.75) is 18.4 Å². The number of isocyanates is 1. The van der Waals surface area contributed by atoms with Crippen molar-refractivity contribution in [1.82, 2.24) is 4.98 Å². The molecule has 1 aromatic rings. The molecule has 1 heterocycles. The van der Waals surface area contributed by atoms with Crippen molar-refractivity contribution < 1.29 is 9.18 Å². The Kier molecular flexibility index (Phi) is 1.71. The molecule has 1 aliphatic carbocycles. The van der Waals surface area contributed by atoms with Crippen LogP contribution in [0, 0.1) is 5.82 Å². The topological polar surface area (TPSA) is 42.3 Å². The Morgan fingerprint density at radius 1 is 1.62 bits per heavy atom. The Bertz CT molecular complexity index is 381. The fourth-order valence-corrected chi connectivity index (χ4v) is 1.34. The van der Waals surface area contributed by atoms with Crippen molar-refractivity contribution in [3.05, 3.63) is 29.8 Å². The Morgan fingerprint density at radius 2 is 2.38 bits per heavy atom. The van der Waals surface area contributed by atoms with E-state index < -0.39 is 11.4 Å². The monoisotopic (exact) mass is 178 g/mol. The molecule has 4 heteroatoms. The summed E-state index contributed by atoms with van der Waals surface area (Å²) < 4.78 is 13.2. The van der Waals surface area contributed by atoms with Gasteiger partial charge in [0.25, 0.3) is 0 Å². The highest BCUT2D eigenvalue weighted by Gasteiger charge is 2.48. The molecule has 1 saturated carbocycles. The molecule has 66 valence electrons. The van der Waals surface area contributed by atoms with Crippen molar-refractivity contribution in [2.75, 3.05) is 0 Å². The van der Waals surface area contributed by atoms with Gasteiger partial charge in [0.05, 0.1) is 0 Å². The number of hydrogen-bond donors (Lipinski definition) is 0. The standard InChI is InChI=1S/C9H7FN2O/c10-7-2-1-5-11-8(7)9(3-4-9)12-6-13/h1-2,5H,3-4H2. The normalized spacial score (nSPS) is 17.6. The number of pyridine rings is 1. The third-order valence-corrected chi connectivity index (χ3v) is 2.18. The number of aromatic nitrogens is 1. The van der Waals surface area contributed by atoms with Crippen LogP contribution in [0.1, 0.15) is 18.5 Å². The van der Waals surface area contributed by atoms with Crippen LogP contribution in [0.4, 0.5) is 4.39 Å². The van der Waals surface area contributed by atoms with Crippen molar-refractivity contribution in [2.24, 2.45) is 4.99 Å². The number of aliphatic imine (C=N–C) groups is 1. The van der Waals surface area contributed by atoms with Gasteiger partial charge >= 0.3 is 0 Å². The quantitative estimate of drug-likeness (QED) is 0.509. The maximum Gasteiger partial charge on any atom is 0.235 e. The van der Waals surface area contributed by atoms with Gasteiger partial charge in [0, 0.05) is 6.20 Å². The van der Waals surface area contributed by atoms with Crippen LogP contribution in [0.25, 0.3) is 0 Å². The lowest BCUT2D eigenvalue weighted by atomic mass is 10.1. The molecule has 0 spiro atoms. The van der Waals surface area contributed by atoms with E-state index in [1.165, 1.54) is 24.4 Å². The zero-order valence-corrected chi connectivity index (χ0v) is 6.83. The maximum atomic E-state index is 13.2. The minimum Gasteiger partial charge on any atom is -0.256 e. The van der Waals surface area contributed by atoms with Gasteiger partial charge in [-0.2, -0.15) is 4.99 Å². The van der Waals surface area contributed by atoms with E-state index in [2.05, 4.69) is 9.98 Å². The number of hydrogen-bond acceptors (Lipinski definition) is 3. The molecule has 0 unspecified atom stereocenters. The first kappa shape index (κ1) is 8.08. The largest absolute Gasteiger partial charge is 0.256 e. The fourth-order valence-electron chi connectivity index (χ4n) is 1.34. The molecule has 0 aliphatic heterocycles. The summed E-state index contributed by atoms with van der Waals surface area (Å²) in [7, 11) is 0. The number of halogens is 1. The number of nitrogens with zero attached hydrogens (tertiary/aromatic N) is 2. The molecule has 1 aliphatic rings. The summed E-state index contributed by atoms with van der Waals surface area (Å²) in [4.78, 5) is 17.6. The molecule has 0 N–H and O–H groups in total. The summed E-state index contributed by atoms with van der Waals surface area (Å²) in [6, 6.07) is 2.84. The van der Waals surface area contributed by atoms with Crippen molar-refractivity contribution in [1.29, 1.82) is 0 Å². The van der Waals surface area contributed by atoms with E-state index in [0.29, 0.717) is 12.8 Å². The van der Waals surface area contributed by atoms with Gasteiger partial charge in [-0.1, -0.05) is 0 Å². The van der Waals surface area contributed by atoms with Gasteiger partial charge in [0.15, 0.2) is 0 Å². The first-order valence-electron chi connectivity index (χ1n) is 3.98. The zero-order chi connectivity index (χ0) is 9.31. The third-order valence-electron chi connectivity index (χ3n) is 2.18. The second-order valence-corrected chi connectivity index (χ2v) is 3.07. The first-order chi connectivity index (χ1) is 6.28. The van der Waals surface area contributed by atoms with Gasteiger partial charge in [-0.05, 0) is 25.0 Å². The van der Waals surface area contributed by atoms with E-state index in [4.69, 9.17) is 0 Å². The first-order valence-corrected chi connectivity index (χ1v) is 3.98. The fraction of sp³-hybridized carbons (Fsp3) is 0.333. The average Bonchev–Trinajstić information content (AvgIpc) is 2.87. The van der Waals surface area contributed by atoms with Crippen LogP contribution in [0.3, 0.4) is 0 Å². The van der Waals surface area contributed by atoms with Crippen LogP contribution in [0.15, 0.2) is 23.3 Å². The van der Waals surface area contributed by atoms with Gasteiger partial charge in [0.2, 0.25) is 6.08 Å². The van der Waals surface area contributed by atoms with Gasteiger partial charge in [0.1, 0.15) is 17.1 Å². The van der Waals surface area contributed by atoms with E-state index in [9.17, 15) is 9.18 Å². The molecule has 0 bridgehead atoms. The van der Waals surface area contributed by atoms with Crippen molar-refractivity contribution in [3.63, 3.8) is 0 Å². The summed E-state index contributed by atoms with van der Waals surface area (Å²) in [5, 5.41) is 0. The van der Waals surface area contributed by atoms with Gasteiger partial charge in [-0.3, -0.25) is 4.98 Å². The third kappa shape index (κ3) is 1.25. The number of rotatable bonds is 2. The zero-order valence-electron chi connectivity index (χ0n) is 6.83.